The summed E-state index contributed by atoms with van der Waals surface area (Å²) in [4.78, 5) is 20.0. The van der Waals surface area contributed by atoms with Crippen LogP contribution in [0.1, 0.15) is 23.0 Å². The molecule has 110 valence electrons. The number of nitrogens with zero attached hydrogens (tertiary/aromatic N) is 2. The number of anilines is 1. The Morgan fingerprint density at radius 2 is 2.10 bits per heavy atom. The molecule has 0 aliphatic heterocycles. The largest absolute Gasteiger partial charge is 0.368 e. The lowest BCUT2D eigenvalue weighted by atomic mass is 10.2. The van der Waals surface area contributed by atoms with Crippen LogP contribution in [0.25, 0.3) is 0 Å². The summed E-state index contributed by atoms with van der Waals surface area (Å²) < 4.78 is 14.1. The van der Waals surface area contributed by atoms with E-state index in [1.165, 1.54) is 12.3 Å². The molecule has 0 fully saturated rings. The van der Waals surface area contributed by atoms with Crippen molar-refractivity contribution in [3.63, 3.8) is 0 Å². The number of hydrogen-bond acceptors (Lipinski definition) is 4. The van der Waals surface area contributed by atoms with Gasteiger partial charge in [-0.2, -0.15) is 0 Å². The molecule has 0 aliphatic carbocycles. The van der Waals surface area contributed by atoms with Crippen LogP contribution in [0.4, 0.5) is 10.2 Å². The Bertz CT molecular complexity index is 604. The highest BCUT2D eigenvalue weighted by Gasteiger charge is 2.15. The molecule has 0 bridgehead atoms. The van der Waals surface area contributed by atoms with E-state index in [9.17, 15) is 9.18 Å². The highest BCUT2D eigenvalue weighted by molar-refractivity contribution is 5.95. The molecule has 0 spiro atoms. The maximum atomic E-state index is 14.1. The Morgan fingerprint density at radius 3 is 2.81 bits per heavy atom. The van der Waals surface area contributed by atoms with Gasteiger partial charge in [-0.3, -0.25) is 9.78 Å². The summed E-state index contributed by atoms with van der Waals surface area (Å²) in [5.74, 6) is -0.991. The van der Waals surface area contributed by atoms with Crippen LogP contribution in [0, 0.1) is 5.82 Å². The maximum Gasteiger partial charge on any atom is 0.254 e. The number of rotatable bonds is 6. The number of hydrogen-bond donors (Lipinski definition) is 2. The summed E-state index contributed by atoms with van der Waals surface area (Å²) in [5.41, 5.74) is 0.864. The third-order valence-electron chi connectivity index (χ3n) is 2.87. The topological polar surface area (TPSA) is 66.9 Å². The molecular formula is C15H17FN4O. The maximum absolute atomic E-state index is 14.1. The fourth-order valence-corrected chi connectivity index (χ4v) is 1.86. The molecule has 1 amide bonds. The van der Waals surface area contributed by atoms with Gasteiger partial charge in [-0.1, -0.05) is 6.07 Å². The highest BCUT2D eigenvalue weighted by atomic mass is 19.1. The zero-order chi connectivity index (χ0) is 15.1. The van der Waals surface area contributed by atoms with E-state index in [2.05, 4.69) is 20.6 Å². The zero-order valence-corrected chi connectivity index (χ0v) is 11.8. The van der Waals surface area contributed by atoms with Gasteiger partial charge in [0.1, 0.15) is 0 Å². The van der Waals surface area contributed by atoms with Crippen molar-refractivity contribution >= 4 is 11.7 Å². The number of halogens is 1. The summed E-state index contributed by atoms with van der Waals surface area (Å²) >= 11 is 0. The van der Waals surface area contributed by atoms with Crippen molar-refractivity contribution in [3.05, 3.63) is 53.7 Å². The van der Waals surface area contributed by atoms with Gasteiger partial charge in [0.25, 0.3) is 5.91 Å². The Labute approximate surface area is 122 Å². The van der Waals surface area contributed by atoms with Crippen molar-refractivity contribution in [3.8, 4) is 0 Å². The second kappa shape index (κ2) is 7.33. The molecule has 5 nitrogen and oxygen atoms in total. The van der Waals surface area contributed by atoms with Crippen molar-refractivity contribution in [2.45, 2.75) is 13.3 Å². The summed E-state index contributed by atoms with van der Waals surface area (Å²) in [6, 6.07) is 6.96. The Hall–Kier alpha value is -2.50. The molecule has 0 aromatic carbocycles. The van der Waals surface area contributed by atoms with E-state index in [0.29, 0.717) is 19.5 Å². The zero-order valence-electron chi connectivity index (χ0n) is 11.8. The first kappa shape index (κ1) is 14.9. The SMILES string of the molecule is CCNc1nccc(C(=O)NCCc2ccccn2)c1F. The molecule has 2 aromatic rings. The Kier molecular flexibility index (Phi) is 5.20. The molecule has 0 saturated heterocycles. The van der Waals surface area contributed by atoms with Gasteiger partial charge >= 0.3 is 0 Å². The van der Waals surface area contributed by atoms with Crippen LogP contribution in [-0.4, -0.2) is 29.0 Å². The lowest BCUT2D eigenvalue weighted by molar-refractivity contribution is 0.0950. The van der Waals surface area contributed by atoms with E-state index < -0.39 is 11.7 Å². The number of carbonyl (C=O) groups excluding carboxylic acids is 1. The fraction of sp³-hybridized carbons (Fsp3) is 0.267. The lowest BCUT2D eigenvalue weighted by Gasteiger charge is -2.09. The van der Waals surface area contributed by atoms with Crippen LogP contribution in [-0.2, 0) is 6.42 Å². The van der Waals surface area contributed by atoms with Crippen molar-refractivity contribution in [1.29, 1.82) is 0 Å². The molecule has 2 heterocycles. The quantitative estimate of drug-likeness (QED) is 0.853. The van der Waals surface area contributed by atoms with Crippen molar-refractivity contribution in [2.75, 3.05) is 18.4 Å². The summed E-state index contributed by atoms with van der Waals surface area (Å²) in [7, 11) is 0. The van der Waals surface area contributed by atoms with Crippen LogP contribution in [0.15, 0.2) is 36.7 Å². The Balaban J connectivity index is 1.96. The van der Waals surface area contributed by atoms with Crippen molar-refractivity contribution < 1.29 is 9.18 Å². The third kappa shape index (κ3) is 3.98. The van der Waals surface area contributed by atoms with E-state index >= 15 is 0 Å². The standard InChI is InChI=1S/C15H17FN4O/c1-2-17-14-13(16)12(7-10-19-14)15(21)20-9-6-11-5-3-4-8-18-11/h3-5,7-8,10H,2,6,9H2,1H3,(H,17,19)(H,20,21). The van der Waals surface area contributed by atoms with E-state index in [4.69, 9.17) is 0 Å². The van der Waals surface area contributed by atoms with Gasteiger partial charge < -0.3 is 10.6 Å². The number of nitrogens with one attached hydrogen (secondary N) is 2. The molecule has 2 N–H and O–H groups in total. The summed E-state index contributed by atoms with van der Waals surface area (Å²) in [5, 5.41) is 5.46. The molecular weight excluding hydrogens is 271 g/mol. The van der Waals surface area contributed by atoms with E-state index in [0.717, 1.165) is 5.69 Å². The number of aromatic nitrogens is 2. The minimum absolute atomic E-state index is 0.0121. The van der Waals surface area contributed by atoms with E-state index in [1.54, 1.807) is 6.20 Å². The fourth-order valence-electron chi connectivity index (χ4n) is 1.86. The second-order valence-electron chi connectivity index (χ2n) is 4.38. The van der Waals surface area contributed by atoms with Crippen LogP contribution < -0.4 is 10.6 Å². The van der Waals surface area contributed by atoms with Gasteiger partial charge in [-0.05, 0) is 25.1 Å². The molecule has 2 rings (SSSR count). The summed E-state index contributed by atoms with van der Waals surface area (Å²) in [6.45, 7) is 2.77. The van der Waals surface area contributed by atoms with Gasteiger partial charge in [0.2, 0.25) is 0 Å². The van der Waals surface area contributed by atoms with E-state index in [1.807, 2.05) is 25.1 Å². The van der Waals surface area contributed by atoms with Crippen LogP contribution in [0.3, 0.4) is 0 Å². The first-order valence-corrected chi connectivity index (χ1v) is 6.79. The average Bonchev–Trinajstić information content (AvgIpc) is 2.50. The molecule has 0 atom stereocenters. The molecule has 0 unspecified atom stereocenters. The normalized spacial score (nSPS) is 10.2. The molecule has 2 aromatic heterocycles. The van der Waals surface area contributed by atoms with Crippen LogP contribution >= 0.6 is 0 Å². The van der Waals surface area contributed by atoms with E-state index in [-0.39, 0.29) is 11.4 Å². The van der Waals surface area contributed by atoms with Gasteiger partial charge in [0, 0.05) is 37.6 Å². The Morgan fingerprint density at radius 1 is 1.24 bits per heavy atom. The number of pyridine rings is 2. The number of carbonyl (C=O) groups is 1. The minimum Gasteiger partial charge on any atom is -0.368 e. The van der Waals surface area contributed by atoms with Gasteiger partial charge in [0.15, 0.2) is 11.6 Å². The predicted octanol–water partition coefficient (Wildman–Crippen LogP) is 2.02. The first-order chi connectivity index (χ1) is 10.2. The minimum atomic E-state index is -0.630. The molecule has 0 saturated carbocycles. The van der Waals surface area contributed by atoms with Crippen LogP contribution in [0.5, 0.6) is 0 Å². The van der Waals surface area contributed by atoms with Gasteiger partial charge in [-0.25, -0.2) is 9.37 Å². The second-order valence-corrected chi connectivity index (χ2v) is 4.38. The van der Waals surface area contributed by atoms with Gasteiger partial charge in [0.05, 0.1) is 5.56 Å². The monoisotopic (exact) mass is 288 g/mol. The molecule has 0 radical (unpaired) electrons. The molecule has 0 aliphatic rings. The first-order valence-electron chi connectivity index (χ1n) is 6.79. The third-order valence-corrected chi connectivity index (χ3v) is 2.87. The lowest BCUT2D eigenvalue weighted by Crippen LogP contribution is -2.27. The van der Waals surface area contributed by atoms with Gasteiger partial charge in [-0.15, -0.1) is 0 Å². The van der Waals surface area contributed by atoms with Crippen LogP contribution in [0.2, 0.25) is 0 Å². The summed E-state index contributed by atoms with van der Waals surface area (Å²) in [6.07, 6.45) is 3.70. The molecule has 6 heteroatoms. The number of amides is 1. The molecule has 21 heavy (non-hydrogen) atoms. The van der Waals surface area contributed by atoms with Crippen molar-refractivity contribution in [1.82, 2.24) is 15.3 Å². The average molecular weight is 288 g/mol. The van der Waals surface area contributed by atoms with Crippen molar-refractivity contribution in [2.24, 2.45) is 0 Å². The predicted molar refractivity (Wildman–Crippen MR) is 78.6 cm³/mol. The highest BCUT2D eigenvalue weighted by Crippen LogP contribution is 2.14. The smallest absolute Gasteiger partial charge is 0.254 e.